The van der Waals surface area contributed by atoms with Crippen molar-refractivity contribution in [2.45, 2.75) is 26.9 Å². The highest BCUT2D eigenvalue weighted by molar-refractivity contribution is 6.30. The van der Waals surface area contributed by atoms with Crippen LogP contribution < -0.4 is 15.4 Å². The molecular formula is C19H21ClN2O3. The molecular weight excluding hydrogens is 340 g/mol. The fourth-order valence-electron chi connectivity index (χ4n) is 2.30. The van der Waals surface area contributed by atoms with Crippen LogP contribution in [0.3, 0.4) is 0 Å². The van der Waals surface area contributed by atoms with Crippen LogP contribution in [0.1, 0.15) is 18.1 Å². The molecule has 1 atom stereocenters. The van der Waals surface area contributed by atoms with Gasteiger partial charge in [-0.3, -0.25) is 9.59 Å². The highest BCUT2D eigenvalue weighted by Gasteiger charge is 2.16. The molecule has 25 heavy (non-hydrogen) atoms. The number of anilines is 1. The lowest BCUT2D eigenvalue weighted by Gasteiger charge is -2.15. The minimum absolute atomic E-state index is 0.129. The minimum atomic E-state index is -0.744. The van der Waals surface area contributed by atoms with Crippen molar-refractivity contribution in [2.24, 2.45) is 0 Å². The number of benzene rings is 2. The fourth-order valence-corrected chi connectivity index (χ4v) is 2.48. The van der Waals surface area contributed by atoms with E-state index >= 15 is 0 Å². The average Bonchev–Trinajstić information content (AvgIpc) is 2.56. The van der Waals surface area contributed by atoms with Crippen molar-refractivity contribution >= 4 is 29.1 Å². The molecule has 0 bridgehead atoms. The van der Waals surface area contributed by atoms with E-state index in [1.807, 2.05) is 32.0 Å². The number of hydrogen-bond acceptors (Lipinski definition) is 3. The smallest absolute Gasteiger partial charge is 0.261 e. The Morgan fingerprint density at radius 3 is 2.40 bits per heavy atom. The van der Waals surface area contributed by atoms with E-state index in [2.05, 4.69) is 10.6 Å². The molecule has 2 N–H and O–H groups in total. The predicted octanol–water partition coefficient (Wildman–Crippen LogP) is 3.48. The maximum atomic E-state index is 12.1. The van der Waals surface area contributed by atoms with E-state index in [4.69, 9.17) is 16.3 Å². The zero-order valence-corrected chi connectivity index (χ0v) is 15.2. The van der Waals surface area contributed by atoms with Gasteiger partial charge >= 0.3 is 0 Å². The van der Waals surface area contributed by atoms with Gasteiger partial charge in [0, 0.05) is 10.7 Å². The molecule has 1 unspecified atom stereocenters. The maximum Gasteiger partial charge on any atom is 0.261 e. The SMILES string of the molecule is Cc1cccc(C)c1NC(=O)CNC(=O)C(C)Oc1cccc(Cl)c1. The number of ether oxygens (including phenoxy) is 1. The second kappa shape index (κ2) is 8.53. The molecule has 2 aromatic rings. The highest BCUT2D eigenvalue weighted by atomic mass is 35.5. The third kappa shape index (κ3) is 5.50. The number of amides is 2. The van der Waals surface area contributed by atoms with Crippen LogP contribution in [0.25, 0.3) is 0 Å². The normalized spacial score (nSPS) is 11.5. The third-order valence-corrected chi connectivity index (χ3v) is 3.88. The van der Waals surface area contributed by atoms with Gasteiger partial charge in [-0.25, -0.2) is 0 Å². The molecule has 0 aliphatic rings. The standard InChI is InChI=1S/C19H21ClN2O3/c1-12-6-4-7-13(2)18(12)22-17(23)11-21-19(24)14(3)25-16-9-5-8-15(20)10-16/h4-10,14H,11H2,1-3H3,(H,21,24)(H,22,23). The first-order chi connectivity index (χ1) is 11.9. The van der Waals surface area contributed by atoms with E-state index in [1.54, 1.807) is 31.2 Å². The Kier molecular flexibility index (Phi) is 6.42. The van der Waals surface area contributed by atoms with Crippen molar-refractivity contribution in [3.8, 4) is 5.75 Å². The van der Waals surface area contributed by atoms with Crippen LogP contribution in [-0.4, -0.2) is 24.5 Å². The lowest BCUT2D eigenvalue weighted by atomic mass is 10.1. The first kappa shape index (κ1) is 18.8. The predicted molar refractivity (Wildman–Crippen MR) is 99.1 cm³/mol. The zero-order chi connectivity index (χ0) is 18.4. The van der Waals surface area contributed by atoms with Crippen LogP contribution in [0, 0.1) is 13.8 Å². The lowest BCUT2D eigenvalue weighted by molar-refractivity contribution is -0.129. The van der Waals surface area contributed by atoms with Crippen molar-refractivity contribution in [1.29, 1.82) is 0 Å². The van der Waals surface area contributed by atoms with Crippen LogP contribution in [0.5, 0.6) is 5.75 Å². The summed E-state index contributed by atoms with van der Waals surface area (Å²) in [6.45, 7) is 5.32. The van der Waals surface area contributed by atoms with Crippen molar-refractivity contribution in [2.75, 3.05) is 11.9 Å². The Hall–Kier alpha value is -2.53. The molecule has 0 aromatic heterocycles. The molecule has 2 amide bonds. The van der Waals surface area contributed by atoms with Crippen molar-refractivity contribution in [3.05, 3.63) is 58.6 Å². The number of hydrogen-bond donors (Lipinski definition) is 2. The van der Waals surface area contributed by atoms with E-state index in [9.17, 15) is 9.59 Å². The van der Waals surface area contributed by atoms with Gasteiger partial charge in [-0.2, -0.15) is 0 Å². The van der Waals surface area contributed by atoms with Crippen molar-refractivity contribution in [3.63, 3.8) is 0 Å². The number of nitrogens with one attached hydrogen (secondary N) is 2. The van der Waals surface area contributed by atoms with E-state index in [-0.39, 0.29) is 18.4 Å². The summed E-state index contributed by atoms with van der Waals surface area (Å²) in [5, 5.41) is 5.91. The van der Waals surface area contributed by atoms with Crippen molar-refractivity contribution in [1.82, 2.24) is 5.32 Å². The Morgan fingerprint density at radius 1 is 1.12 bits per heavy atom. The largest absolute Gasteiger partial charge is 0.481 e. The Labute approximate surface area is 152 Å². The second-order valence-corrected chi connectivity index (χ2v) is 6.19. The summed E-state index contributed by atoms with van der Waals surface area (Å²) in [4.78, 5) is 24.1. The fraction of sp³-hybridized carbons (Fsp3) is 0.263. The Bertz CT molecular complexity index is 757. The number of aryl methyl sites for hydroxylation is 2. The summed E-state index contributed by atoms with van der Waals surface area (Å²) in [6.07, 6.45) is -0.744. The number of para-hydroxylation sites is 1. The van der Waals surface area contributed by atoms with Crippen LogP contribution in [0.2, 0.25) is 5.02 Å². The molecule has 0 aliphatic carbocycles. The Morgan fingerprint density at radius 2 is 1.76 bits per heavy atom. The van der Waals surface area contributed by atoms with Gasteiger partial charge in [-0.15, -0.1) is 0 Å². The number of carbonyl (C=O) groups is 2. The monoisotopic (exact) mass is 360 g/mol. The van der Waals surface area contributed by atoms with Crippen LogP contribution in [-0.2, 0) is 9.59 Å². The summed E-state index contributed by atoms with van der Waals surface area (Å²) in [6, 6.07) is 12.6. The molecule has 0 spiro atoms. The molecule has 5 nitrogen and oxygen atoms in total. The van der Waals surface area contributed by atoms with Gasteiger partial charge < -0.3 is 15.4 Å². The van der Waals surface area contributed by atoms with Crippen LogP contribution in [0.4, 0.5) is 5.69 Å². The highest BCUT2D eigenvalue weighted by Crippen LogP contribution is 2.19. The molecule has 0 saturated carbocycles. The Balaban J connectivity index is 1.85. The van der Waals surface area contributed by atoms with E-state index in [1.165, 1.54) is 0 Å². The summed E-state index contributed by atoms with van der Waals surface area (Å²) in [7, 11) is 0. The molecule has 132 valence electrons. The third-order valence-electron chi connectivity index (χ3n) is 3.65. The molecule has 0 saturated heterocycles. The minimum Gasteiger partial charge on any atom is -0.481 e. The topological polar surface area (TPSA) is 67.4 Å². The molecule has 2 aromatic carbocycles. The summed E-state index contributed by atoms with van der Waals surface area (Å²) < 4.78 is 5.52. The average molecular weight is 361 g/mol. The van der Waals surface area contributed by atoms with E-state index < -0.39 is 6.10 Å². The quantitative estimate of drug-likeness (QED) is 0.828. The molecule has 2 rings (SSSR count). The zero-order valence-electron chi connectivity index (χ0n) is 14.4. The number of carbonyl (C=O) groups excluding carboxylic acids is 2. The van der Waals surface area contributed by atoms with Gasteiger partial charge in [0.2, 0.25) is 5.91 Å². The summed E-state index contributed by atoms with van der Waals surface area (Å²) in [5.74, 6) is -0.174. The van der Waals surface area contributed by atoms with Gasteiger partial charge in [0.15, 0.2) is 6.10 Å². The molecule has 0 heterocycles. The molecule has 0 fully saturated rings. The number of rotatable bonds is 6. The lowest BCUT2D eigenvalue weighted by Crippen LogP contribution is -2.40. The number of halogens is 1. The van der Waals surface area contributed by atoms with Gasteiger partial charge in [0.05, 0.1) is 6.54 Å². The van der Waals surface area contributed by atoms with Crippen LogP contribution in [0.15, 0.2) is 42.5 Å². The first-order valence-electron chi connectivity index (χ1n) is 7.93. The molecule has 0 aliphatic heterocycles. The summed E-state index contributed by atoms with van der Waals surface area (Å²) in [5.41, 5.74) is 2.71. The first-order valence-corrected chi connectivity index (χ1v) is 8.30. The summed E-state index contributed by atoms with van der Waals surface area (Å²) >= 11 is 5.88. The maximum absolute atomic E-state index is 12.1. The van der Waals surface area contributed by atoms with E-state index in [0.717, 1.165) is 16.8 Å². The second-order valence-electron chi connectivity index (χ2n) is 5.75. The van der Waals surface area contributed by atoms with Gasteiger partial charge in [-0.1, -0.05) is 35.9 Å². The van der Waals surface area contributed by atoms with Crippen LogP contribution >= 0.6 is 11.6 Å². The van der Waals surface area contributed by atoms with Gasteiger partial charge in [-0.05, 0) is 50.1 Å². The van der Waals surface area contributed by atoms with Crippen molar-refractivity contribution < 1.29 is 14.3 Å². The van der Waals surface area contributed by atoms with Gasteiger partial charge in [0.1, 0.15) is 5.75 Å². The molecule has 0 radical (unpaired) electrons. The van der Waals surface area contributed by atoms with Gasteiger partial charge in [0.25, 0.3) is 5.91 Å². The molecule has 6 heteroatoms. The van der Waals surface area contributed by atoms with E-state index in [0.29, 0.717) is 10.8 Å².